The van der Waals surface area contributed by atoms with E-state index in [9.17, 15) is 9.90 Å². The molecule has 1 aliphatic rings. The maximum atomic E-state index is 12.7. The number of aromatic nitrogens is 3. The van der Waals surface area contributed by atoms with Crippen molar-refractivity contribution in [2.45, 2.75) is 44.4 Å². The van der Waals surface area contributed by atoms with Crippen LogP contribution in [0.2, 0.25) is 0 Å². The van der Waals surface area contributed by atoms with Gasteiger partial charge in [0.1, 0.15) is 22.8 Å². The number of aliphatic hydroxyl groups is 1. The number of aryl methyl sites for hydroxylation is 1. The quantitative estimate of drug-likeness (QED) is 0.882. The molecule has 0 radical (unpaired) electrons. The van der Waals surface area contributed by atoms with Crippen LogP contribution in [-0.4, -0.2) is 55.8 Å². The van der Waals surface area contributed by atoms with Crippen molar-refractivity contribution in [3.8, 4) is 5.75 Å². The fourth-order valence-electron chi connectivity index (χ4n) is 2.98. The number of amides is 1. The Bertz CT molecular complexity index is 694. The Morgan fingerprint density at radius 1 is 1.50 bits per heavy atom. The molecule has 1 saturated carbocycles. The predicted molar refractivity (Wildman–Crippen MR) is 89.1 cm³/mol. The molecule has 1 N–H and O–H groups in total. The lowest BCUT2D eigenvalue weighted by atomic mass is 10.1. The van der Waals surface area contributed by atoms with Crippen LogP contribution >= 0.6 is 11.5 Å². The maximum absolute atomic E-state index is 12.7. The van der Waals surface area contributed by atoms with Crippen LogP contribution in [0.1, 0.15) is 35.1 Å². The van der Waals surface area contributed by atoms with Crippen molar-refractivity contribution < 1.29 is 14.6 Å². The standard InChI is InChI=1S/C16H20N4O3S/c1-3-11-15(24-19-18-11)16(22)20(2)12-6-7-13(14(12)21)23-10-5-4-8-17-9-10/h4-5,8-9,12-14,21H,3,6-7H2,1-2H3/t12-,13-,14-/m1/s1. The summed E-state index contributed by atoms with van der Waals surface area (Å²) >= 11 is 1.10. The normalized spacial score (nSPS) is 23.2. The summed E-state index contributed by atoms with van der Waals surface area (Å²) in [5, 5.41) is 14.6. The van der Waals surface area contributed by atoms with E-state index in [1.165, 1.54) is 0 Å². The van der Waals surface area contributed by atoms with Crippen LogP contribution < -0.4 is 4.74 Å². The lowest BCUT2D eigenvalue weighted by Gasteiger charge is -2.28. The topological polar surface area (TPSA) is 88.4 Å². The van der Waals surface area contributed by atoms with Gasteiger partial charge in [0.15, 0.2) is 0 Å². The van der Waals surface area contributed by atoms with E-state index in [0.29, 0.717) is 35.6 Å². The Hall–Kier alpha value is -2.06. The monoisotopic (exact) mass is 348 g/mol. The summed E-state index contributed by atoms with van der Waals surface area (Å²) in [5.41, 5.74) is 0.701. The second-order valence-corrected chi connectivity index (χ2v) is 6.55. The lowest BCUT2D eigenvalue weighted by Crippen LogP contribution is -2.45. The van der Waals surface area contributed by atoms with Crippen molar-refractivity contribution in [3.63, 3.8) is 0 Å². The molecule has 1 fully saturated rings. The molecule has 2 aromatic heterocycles. The number of pyridine rings is 1. The molecule has 0 aromatic carbocycles. The van der Waals surface area contributed by atoms with Gasteiger partial charge in [-0.25, -0.2) is 0 Å². The average molecular weight is 348 g/mol. The fourth-order valence-corrected chi connectivity index (χ4v) is 3.71. The largest absolute Gasteiger partial charge is 0.486 e. The molecule has 3 rings (SSSR count). The highest BCUT2D eigenvalue weighted by Gasteiger charge is 2.41. The second kappa shape index (κ2) is 7.23. The molecule has 24 heavy (non-hydrogen) atoms. The molecule has 0 bridgehead atoms. The Labute approximate surface area is 144 Å². The van der Waals surface area contributed by atoms with Crippen LogP contribution in [0, 0.1) is 0 Å². The van der Waals surface area contributed by atoms with Gasteiger partial charge in [0, 0.05) is 13.2 Å². The van der Waals surface area contributed by atoms with Gasteiger partial charge in [-0.15, -0.1) is 5.10 Å². The van der Waals surface area contributed by atoms with E-state index >= 15 is 0 Å². The molecular formula is C16H20N4O3S. The molecule has 0 saturated heterocycles. The first kappa shape index (κ1) is 16.8. The Morgan fingerprint density at radius 3 is 3.04 bits per heavy atom. The molecule has 2 aromatic rings. The van der Waals surface area contributed by atoms with Crippen molar-refractivity contribution in [2.75, 3.05) is 7.05 Å². The van der Waals surface area contributed by atoms with Gasteiger partial charge >= 0.3 is 0 Å². The minimum Gasteiger partial charge on any atom is -0.486 e. The van der Waals surface area contributed by atoms with Crippen molar-refractivity contribution in [1.29, 1.82) is 0 Å². The van der Waals surface area contributed by atoms with Crippen LogP contribution in [0.3, 0.4) is 0 Å². The third-order valence-corrected chi connectivity index (χ3v) is 5.10. The zero-order valence-corrected chi connectivity index (χ0v) is 14.4. The number of carbonyl (C=O) groups excluding carboxylic acids is 1. The second-order valence-electron chi connectivity index (χ2n) is 5.80. The van der Waals surface area contributed by atoms with E-state index in [1.807, 2.05) is 6.92 Å². The van der Waals surface area contributed by atoms with Gasteiger partial charge in [-0.2, -0.15) is 0 Å². The summed E-state index contributed by atoms with van der Waals surface area (Å²) in [7, 11) is 1.71. The van der Waals surface area contributed by atoms with Crippen LogP contribution in [0.4, 0.5) is 0 Å². The minimum atomic E-state index is -0.745. The van der Waals surface area contributed by atoms with E-state index in [4.69, 9.17) is 4.74 Å². The summed E-state index contributed by atoms with van der Waals surface area (Å²) in [6, 6.07) is 3.30. The summed E-state index contributed by atoms with van der Waals surface area (Å²) in [6.45, 7) is 1.94. The first-order valence-electron chi connectivity index (χ1n) is 7.95. The van der Waals surface area contributed by atoms with Crippen molar-refractivity contribution >= 4 is 17.4 Å². The Kier molecular flexibility index (Phi) is 5.06. The zero-order chi connectivity index (χ0) is 17.1. The number of aliphatic hydroxyl groups excluding tert-OH is 1. The van der Waals surface area contributed by atoms with Crippen LogP contribution in [0.15, 0.2) is 24.5 Å². The number of carbonyl (C=O) groups is 1. The third-order valence-electron chi connectivity index (χ3n) is 4.35. The number of ether oxygens (including phenoxy) is 1. The minimum absolute atomic E-state index is 0.145. The molecule has 1 amide bonds. The summed E-state index contributed by atoms with van der Waals surface area (Å²) in [6.07, 6.45) is 4.21. The molecule has 3 atom stereocenters. The summed E-state index contributed by atoms with van der Waals surface area (Å²) in [4.78, 5) is 18.8. The van der Waals surface area contributed by atoms with Crippen molar-refractivity contribution in [2.24, 2.45) is 0 Å². The number of nitrogens with zero attached hydrogens (tertiary/aromatic N) is 4. The van der Waals surface area contributed by atoms with E-state index in [2.05, 4.69) is 14.6 Å². The van der Waals surface area contributed by atoms with Gasteiger partial charge in [0.2, 0.25) is 0 Å². The third kappa shape index (κ3) is 3.25. The van der Waals surface area contributed by atoms with E-state index in [0.717, 1.165) is 11.5 Å². The number of rotatable bonds is 5. The zero-order valence-electron chi connectivity index (χ0n) is 13.6. The van der Waals surface area contributed by atoms with Crippen LogP contribution in [0.25, 0.3) is 0 Å². The molecule has 8 heteroatoms. The van der Waals surface area contributed by atoms with Crippen LogP contribution in [0.5, 0.6) is 5.75 Å². The number of hydrogen-bond donors (Lipinski definition) is 1. The molecule has 1 aliphatic carbocycles. The van der Waals surface area contributed by atoms with Crippen molar-refractivity contribution in [1.82, 2.24) is 19.5 Å². The molecule has 0 unspecified atom stereocenters. The molecule has 128 valence electrons. The number of hydrogen-bond acceptors (Lipinski definition) is 7. The molecule has 7 nitrogen and oxygen atoms in total. The van der Waals surface area contributed by atoms with Crippen LogP contribution in [-0.2, 0) is 6.42 Å². The lowest BCUT2D eigenvalue weighted by molar-refractivity contribution is 0.0167. The highest BCUT2D eigenvalue weighted by atomic mass is 32.1. The van der Waals surface area contributed by atoms with Gasteiger partial charge in [-0.05, 0) is 42.9 Å². The summed E-state index contributed by atoms with van der Waals surface area (Å²) < 4.78 is 9.67. The fraction of sp³-hybridized carbons (Fsp3) is 0.500. The molecule has 2 heterocycles. The van der Waals surface area contributed by atoms with Crippen molar-refractivity contribution in [3.05, 3.63) is 35.1 Å². The Balaban J connectivity index is 1.68. The van der Waals surface area contributed by atoms with Gasteiger partial charge in [0.05, 0.1) is 17.9 Å². The Morgan fingerprint density at radius 2 is 2.33 bits per heavy atom. The predicted octanol–water partition coefficient (Wildman–Crippen LogP) is 1.54. The van der Waals surface area contributed by atoms with Gasteiger partial charge < -0.3 is 14.7 Å². The molecule has 0 aliphatic heterocycles. The van der Waals surface area contributed by atoms with Gasteiger partial charge in [-0.1, -0.05) is 11.4 Å². The van der Waals surface area contributed by atoms with E-state index in [-0.39, 0.29) is 18.1 Å². The smallest absolute Gasteiger partial charge is 0.267 e. The number of likely N-dealkylation sites (N-methyl/N-ethyl adjacent to an activating group) is 1. The molecule has 0 spiro atoms. The highest BCUT2D eigenvalue weighted by molar-refractivity contribution is 7.08. The maximum Gasteiger partial charge on any atom is 0.267 e. The van der Waals surface area contributed by atoms with E-state index in [1.54, 1.807) is 36.5 Å². The first-order chi connectivity index (χ1) is 11.6. The molecular weight excluding hydrogens is 328 g/mol. The average Bonchev–Trinajstić information content (AvgIpc) is 3.22. The van der Waals surface area contributed by atoms with Gasteiger partial charge in [0.25, 0.3) is 5.91 Å². The summed E-state index contributed by atoms with van der Waals surface area (Å²) in [5.74, 6) is 0.476. The highest BCUT2D eigenvalue weighted by Crippen LogP contribution is 2.29. The first-order valence-corrected chi connectivity index (χ1v) is 8.72. The van der Waals surface area contributed by atoms with Gasteiger partial charge in [-0.3, -0.25) is 9.78 Å². The van der Waals surface area contributed by atoms with E-state index < -0.39 is 6.10 Å². The SMILES string of the molecule is CCc1nnsc1C(=O)N(C)[C@@H]1CC[C@@H](Oc2cccnc2)[C@@H]1O.